The van der Waals surface area contributed by atoms with Crippen LogP contribution in [0, 0.1) is 0 Å². The van der Waals surface area contributed by atoms with Gasteiger partial charge in [0.2, 0.25) is 6.49 Å². The van der Waals surface area contributed by atoms with Gasteiger partial charge in [-0.3, -0.25) is 0 Å². The molecule has 0 aromatic carbocycles. The van der Waals surface area contributed by atoms with E-state index in [1.54, 1.807) is 10.8 Å². The van der Waals surface area contributed by atoms with E-state index in [9.17, 15) is 0 Å². The minimum absolute atomic E-state index is 0.238. The fourth-order valence-electron chi connectivity index (χ4n) is 2.04. The molecule has 1 unspecified atom stereocenters. The molecule has 134 valence electrons. The highest BCUT2D eigenvalue weighted by molar-refractivity contribution is 9.06. The zero-order valence-corrected chi connectivity index (χ0v) is 18.5. The lowest BCUT2D eigenvalue weighted by Crippen LogP contribution is -2.09. The SMILES string of the molecule is CCCCCCOP(=S)(OCCCCCC)C(CC)SSS. The van der Waals surface area contributed by atoms with Crippen LogP contribution in [0.3, 0.4) is 0 Å². The van der Waals surface area contributed by atoms with Crippen molar-refractivity contribution in [3.63, 3.8) is 0 Å². The molecule has 0 rings (SSSR count). The summed E-state index contributed by atoms with van der Waals surface area (Å²) in [4.78, 5) is 0.238. The highest BCUT2D eigenvalue weighted by Crippen LogP contribution is 2.61. The Morgan fingerprint density at radius 2 is 1.41 bits per heavy atom. The van der Waals surface area contributed by atoms with Gasteiger partial charge in [0.1, 0.15) is 0 Å². The lowest BCUT2D eigenvalue weighted by molar-refractivity contribution is 0.236. The van der Waals surface area contributed by atoms with E-state index in [4.69, 9.17) is 20.9 Å². The van der Waals surface area contributed by atoms with E-state index in [0.29, 0.717) is 0 Å². The summed E-state index contributed by atoms with van der Waals surface area (Å²) in [6, 6.07) is 0. The van der Waals surface area contributed by atoms with Crippen LogP contribution < -0.4 is 0 Å². The number of unbranched alkanes of at least 4 members (excludes halogenated alkanes) is 6. The lowest BCUT2D eigenvalue weighted by Gasteiger charge is -2.29. The second kappa shape index (κ2) is 16.1. The smallest absolute Gasteiger partial charge is 0.202 e. The molecule has 2 nitrogen and oxygen atoms in total. The molecular formula is C15H33O2PS4. The van der Waals surface area contributed by atoms with Gasteiger partial charge in [-0.25, -0.2) is 0 Å². The maximum Gasteiger partial charge on any atom is 0.202 e. The zero-order valence-electron chi connectivity index (χ0n) is 14.3. The van der Waals surface area contributed by atoms with Gasteiger partial charge in [0.25, 0.3) is 0 Å². The summed E-state index contributed by atoms with van der Waals surface area (Å²) >= 11 is 10.1. The largest absolute Gasteiger partial charge is 0.329 e. The summed E-state index contributed by atoms with van der Waals surface area (Å²) in [5.41, 5.74) is 0. The fraction of sp³-hybridized carbons (Fsp3) is 1.00. The number of thiol groups is 1. The topological polar surface area (TPSA) is 18.5 Å². The Balaban J connectivity index is 4.37. The molecule has 0 aliphatic rings. The van der Waals surface area contributed by atoms with E-state index in [-0.39, 0.29) is 4.99 Å². The number of hydrogen-bond donors (Lipinski definition) is 1. The van der Waals surface area contributed by atoms with Crippen molar-refractivity contribution in [2.45, 2.75) is 83.5 Å². The quantitative estimate of drug-likeness (QED) is 0.124. The van der Waals surface area contributed by atoms with Crippen molar-refractivity contribution < 1.29 is 9.05 Å². The van der Waals surface area contributed by atoms with Gasteiger partial charge in [-0.2, -0.15) is 0 Å². The van der Waals surface area contributed by atoms with Gasteiger partial charge in [-0.1, -0.05) is 81.8 Å². The molecule has 0 aromatic rings. The van der Waals surface area contributed by atoms with Gasteiger partial charge >= 0.3 is 0 Å². The molecule has 0 saturated heterocycles. The van der Waals surface area contributed by atoms with Crippen LogP contribution in [0.15, 0.2) is 0 Å². The first-order valence-corrected chi connectivity index (χ1v) is 14.5. The maximum absolute atomic E-state index is 6.12. The van der Waals surface area contributed by atoms with Gasteiger partial charge in [0, 0.05) is 0 Å². The average Bonchev–Trinajstić information content (AvgIpc) is 2.52. The molecule has 0 amide bonds. The molecule has 7 heteroatoms. The average molecular weight is 405 g/mol. The number of hydrogen-bond acceptors (Lipinski definition) is 6. The molecule has 22 heavy (non-hydrogen) atoms. The third-order valence-corrected chi connectivity index (χ3v) is 11.3. The predicted octanol–water partition coefficient (Wildman–Crippen LogP) is 7.45. The Labute approximate surface area is 156 Å². The van der Waals surface area contributed by atoms with Gasteiger partial charge < -0.3 is 9.05 Å². The van der Waals surface area contributed by atoms with Gasteiger partial charge in [0.05, 0.1) is 18.2 Å². The van der Waals surface area contributed by atoms with Crippen molar-refractivity contribution in [2.75, 3.05) is 13.2 Å². The standard InChI is InChI=1S/C15H33O2PS4/c1-4-7-9-11-13-16-18(19,15(6-3)21-22-20)17-14-12-10-8-5-2/h15,20H,4-14H2,1-3H3. The molecule has 0 aliphatic carbocycles. The predicted molar refractivity (Wildman–Crippen MR) is 113 cm³/mol. The maximum atomic E-state index is 6.12. The van der Waals surface area contributed by atoms with Crippen LogP contribution in [0.5, 0.6) is 0 Å². The van der Waals surface area contributed by atoms with Crippen LogP contribution in [0.2, 0.25) is 0 Å². The molecule has 1 atom stereocenters. The van der Waals surface area contributed by atoms with Crippen LogP contribution in [-0.4, -0.2) is 18.2 Å². The Morgan fingerprint density at radius 3 is 1.77 bits per heavy atom. The zero-order chi connectivity index (χ0) is 16.7. The van der Waals surface area contributed by atoms with E-state index in [1.165, 1.54) is 48.4 Å². The van der Waals surface area contributed by atoms with Crippen LogP contribution >= 0.6 is 38.8 Å². The summed E-state index contributed by atoms with van der Waals surface area (Å²) in [6.45, 7) is 5.85. The van der Waals surface area contributed by atoms with E-state index in [1.807, 2.05) is 0 Å². The van der Waals surface area contributed by atoms with Crippen molar-refractivity contribution in [2.24, 2.45) is 0 Å². The minimum atomic E-state index is -2.22. The van der Waals surface area contributed by atoms with Crippen LogP contribution in [0.25, 0.3) is 0 Å². The second-order valence-corrected chi connectivity index (χ2v) is 12.7. The third kappa shape index (κ3) is 11.2. The molecule has 0 N–H and O–H groups in total. The molecule has 0 aliphatic heterocycles. The first kappa shape index (κ1) is 23.6. The third-order valence-electron chi connectivity index (χ3n) is 3.39. The molecule has 0 heterocycles. The first-order valence-electron chi connectivity index (χ1n) is 8.50. The Bertz CT molecular complexity index is 275. The van der Waals surface area contributed by atoms with Crippen LogP contribution in [0.4, 0.5) is 0 Å². The van der Waals surface area contributed by atoms with E-state index < -0.39 is 6.49 Å². The highest BCUT2D eigenvalue weighted by atomic mass is 33.5. The van der Waals surface area contributed by atoms with Gasteiger partial charge in [-0.15, -0.1) is 0 Å². The van der Waals surface area contributed by atoms with E-state index in [2.05, 4.69) is 32.4 Å². The minimum Gasteiger partial charge on any atom is -0.329 e. The highest BCUT2D eigenvalue weighted by Gasteiger charge is 2.30. The Kier molecular flexibility index (Phi) is 17.3. The van der Waals surface area contributed by atoms with Crippen molar-refractivity contribution >= 4 is 50.6 Å². The second-order valence-electron chi connectivity index (χ2n) is 5.36. The molecule has 0 spiro atoms. The van der Waals surface area contributed by atoms with Crippen molar-refractivity contribution in [3.8, 4) is 0 Å². The molecule has 0 saturated carbocycles. The Morgan fingerprint density at radius 1 is 0.909 bits per heavy atom. The summed E-state index contributed by atoms with van der Waals surface area (Å²) in [5, 5.41) is 0. The fourth-order valence-corrected chi connectivity index (χ4v) is 10.1. The molecule has 0 fully saturated rings. The summed E-state index contributed by atoms with van der Waals surface area (Å²) in [6.07, 6.45) is 10.6. The first-order chi connectivity index (χ1) is 10.6. The monoisotopic (exact) mass is 404 g/mol. The van der Waals surface area contributed by atoms with Crippen molar-refractivity contribution in [1.82, 2.24) is 0 Å². The van der Waals surface area contributed by atoms with E-state index >= 15 is 0 Å². The molecule has 0 aromatic heterocycles. The summed E-state index contributed by atoms with van der Waals surface area (Å²) in [7, 11) is 3.16. The molecule has 0 radical (unpaired) electrons. The molecule has 0 bridgehead atoms. The number of rotatable bonds is 16. The summed E-state index contributed by atoms with van der Waals surface area (Å²) < 4.78 is 12.2. The Hall–Kier alpha value is 1.62. The van der Waals surface area contributed by atoms with E-state index in [0.717, 1.165) is 32.5 Å². The van der Waals surface area contributed by atoms with Gasteiger partial charge in [-0.05, 0) is 40.9 Å². The normalized spacial score (nSPS) is 13.5. The molecular weight excluding hydrogens is 371 g/mol. The summed E-state index contributed by atoms with van der Waals surface area (Å²) in [5.74, 6) is 0. The van der Waals surface area contributed by atoms with Crippen LogP contribution in [-0.2, 0) is 20.9 Å². The van der Waals surface area contributed by atoms with Crippen LogP contribution in [0.1, 0.15) is 78.6 Å². The van der Waals surface area contributed by atoms with Crippen molar-refractivity contribution in [3.05, 3.63) is 0 Å². The lowest BCUT2D eigenvalue weighted by atomic mass is 10.2. The van der Waals surface area contributed by atoms with Gasteiger partial charge in [0.15, 0.2) is 0 Å². The van der Waals surface area contributed by atoms with Crippen molar-refractivity contribution in [1.29, 1.82) is 0 Å².